The Labute approximate surface area is 204 Å². The summed E-state index contributed by atoms with van der Waals surface area (Å²) in [6, 6.07) is 0. The number of hydrogen-bond acceptors (Lipinski definition) is 2. The zero-order valence-electron chi connectivity index (χ0n) is 22.2. The Kier molecular flexibility index (Phi) is 5.61. The first kappa shape index (κ1) is 23.7. The number of ether oxygens (including phenoxy) is 1. The third kappa shape index (κ3) is 3.06. The number of anilines is 3. The number of hydrogen-bond donors (Lipinski definition) is 0. The van der Waals surface area contributed by atoms with E-state index in [0.717, 1.165) is 39.0 Å². The van der Waals surface area contributed by atoms with Crippen molar-refractivity contribution in [1.29, 1.82) is 0 Å². The van der Waals surface area contributed by atoms with Gasteiger partial charge in [-0.05, 0) is 150 Å². The molecule has 0 aliphatic carbocycles. The molecule has 3 aromatic carbocycles. The van der Waals surface area contributed by atoms with Crippen molar-refractivity contribution in [3.8, 4) is 11.5 Å². The summed E-state index contributed by atoms with van der Waals surface area (Å²) < 4.78 is 6.81. The Hall–Kier alpha value is -2.45. The molecular formula is C30H36ClNO. The lowest BCUT2D eigenvalue weighted by atomic mass is 9.89. The van der Waals surface area contributed by atoms with E-state index in [4.69, 9.17) is 16.3 Å². The van der Waals surface area contributed by atoms with Gasteiger partial charge in [-0.1, -0.05) is 11.6 Å². The van der Waals surface area contributed by atoms with E-state index in [1.54, 1.807) is 0 Å². The summed E-state index contributed by atoms with van der Waals surface area (Å²) in [5, 5.41) is 0.846. The largest absolute Gasteiger partial charge is 0.452 e. The smallest absolute Gasteiger partial charge is 0.155 e. The quantitative estimate of drug-likeness (QED) is 0.279. The first-order valence-electron chi connectivity index (χ1n) is 11.8. The van der Waals surface area contributed by atoms with Gasteiger partial charge in [-0.2, -0.15) is 0 Å². The van der Waals surface area contributed by atoms with Crippen LogP contribution in [-0.4, -0.2) is 0 Å². The maximum absolute atomic E-state index is 6.93. The van der Waals surface area contributed by atoms with Gasteiger partial charge in [-0.3, -0.25) is 0 Å². The lowest BCUT2D eigenvalue weighted by Gasteiger charge is -2.40. The lowest BCUT2D eigenvalue weighted by Crippen LogP contribution is -2.23. The molecule has 0 radical (unpaired) electrons. The Bertz CT molecular complexity index is 1230. The van der Waals surface area contributed by atoms with Crippen LogP contribution in [0.4, 0.5) is 17.1 Å². The molecule has 0 aromatic heterocycles. The molecule has 0 unspecified atom stereocenters. The zero-order valence-corrected chi connectivity index (χ0v) is 23.0. The molecular weight excluding hydrogens is 426 g/mol. The van der Waals surface area contributed by atoms with Gasteiger partial charge in [0.1, 0.15) is 0 Å². The maximum atomic E-state index is 6.93. The van der Waals surface area contributed by atoms with Crippen LogP contribution in [0.15, 0.2) is 0 Å². The Balaban J connectivity index is 2.28. The third-order valence-electron chi connectivity index (χ3n) is 8.57. The van der Waals surface area contributed by atoms with Gasteiger partial charge in [-0.15, -0.1) is 0 Å². The van der Waals surface area contributed by atoms with E-state index < -0.39 is 0 Å². The average molecular weight is 462 g/mol. The number of fused-ring (bicyclic) bond motifs is 2. The van der Waals surface area contributed by atoms with Crippen molar-refractivity contribution >= 4 is 28.7 Å². The highest BCUT2D eigenvalue weighted by Gasteiger charge is 2.36. The Morgan fingerprint density at radius 1 is 0.394 bits per heavy atom. The molecule has 0 saturated heterocycles. The third-order valence-corrected chi connectivity index (χ3v) is 9.13. The molecule has 0 bridgehead atoms. The molecule has 0 N–H and O–H groups in total. The fourth-order valence-corrected chi connectivity index (χ4v) is 5.60. The molecule has 0 saturated carbocycles. The minimum Gasteiger partial charge on any atom is -0.452 e. The highest BCUT2D eigenvalue weighted by molar-refractivity contribution is 6.32. The minimum absolute atomic E-state index is 0.846. The molecule has 3 heteroatoms. The summed E-state index contributed by atoms with van der Waals surface area (Å²) in [6.07, 6.45) is 0. The molecule has 33 heavy (non-hydrogen) atoms. The maximum Gasteiger partial charge on any atom is 0.155 e. The SMILES string of the molecule is Cc1c(C)c(C)c2c(c1C)Oc1c(C)c(C)c(C)c(C)c1N2c1c(C)c(C)c(C)c(Cl)c1C. The van der Waals surface area contributed by atoms with Gasteiger partial charge < -0.3 is 9.64 Å². The first-order chi connectivity index (χ1) is 15.3. The van der Waals surface area contributed by atoms with Crippen LogP contribution in [0, 0.1) is 83.1 Å². The van der Waals surface area contributed by atoms with Gasteiger partial charge in [0.15, 0.2) is 11.5 Å². The van der Waals surface area contributed by atoms with E-state index in [0.29, 0.717) is 0 Å². The molecule has 0 spiro atoms. The number of benzene rings is 3. The van der Waals surface area contributed by atoms with Gasteiger partial charge in [0.2, 0.25) is 0 Å². The highest BCUT2D eigenvalue weighted by Crippen LogP contribution is 2.59. The van der Waals surface area contributed by atoms with Crippen molar-refractivity contribution in [3.05, 3.63) is 71.8 Å². The van der Waals surface area contributed by atoms with Crippen LogP contribution in [0.5, 0.6) is 11.5 Å². The van der Waals surface area contributed by atoms with Gasteiger partial charge in [0.25, 0.3) is 0 Å². The molecule has 2 nitrogen and oxygen atoms in total. The number of rotatable bonds is 1. The van der Waals surface area contributed by atoms with Crippen molar-refractivity contribution in [2.45, 2.75) is 83.1 Å². The average Bonchev–Trinajstić information content (AvgIpc) is 2.80. The van der Waals surface area contributed by atoms with E-state index in [-0.39, 0.29) is 0 Å². The number of nitrogens with zero attached hydrogens (tertiary/aromatic N) is 1. The second-order valence-electron chi connectivity index (χ2n) is 9.96. The first-order valence-corrected chi connectivity index (χ1v) is 12.1. The van der Waals surface area contributed by atoms with Crippen LogP contribution in [0.1, 0.15) is 66.8 Å². The molecule has 3 aromatic rings. The Morgan fingerprint density at radius 2 is 0.727 bits per heavy atom. The monoisotopic (exact) mass is 461 g/mol. The zero-order chi connectivity index (χ0) is 24.7. The minimum atomic E-state index is 0.846. The van der Waals surface area contributed by atoms with Gasteiger partial charge in [-0.25, -0.2) is 0 Å². The van der Waals surface area contributed by atoms with Crippen LogP contribution in [0.3, 0.4) is 0 Å². The predicted molar refractivity (Wildman–Crippen MR) is 143 cm³/mol. The standard InChI is InChI=1S/C30H36ClNO/c1-13-15(3)22(10)29-27(20(13)8)32(26-19(7)17(5)18(6)25(31)24(26)12)28-21(9)14(2)16(4)23(11)30(28)33-29/h1-12H3. The molecule has 174 valence electrons. The topological polar surface area (TPSA) is 12.5 Å². The summed E-state index contributed by atoms with van der Waals surface area (Å²) in [5.41, 5.74) is 18.3. The molecule has 1 heterocycles. The molecule has 0 amide bonds. The summed E-state index contributed by atoms with van der Waals surface area (Å²) in [7, 11) is 0. The summed E-state index contributed by atoms with van der Waals surface area (Å²) in [6.45, 7) is 26.3. The normalized spacial score (nSPS) is 12.6. The van der Waals surface area contributed by atoms with E-state index >= 15 is 0 Å². The summed E-state index contributed by atoms with van der Waals surface area (Å²) in [4.78, 5) is 2.46. The van der Waals surface area contributed by atoms with Crippen LogP contribution in [0.2, 0.25) is 5.02 Å². The highest BCUT2D eigenvalue weighted by atomic mass is 35.5. The van der Waals surface area contributed by atoms with Crippen molar-refractivity contribution in [3.63, 3.8) is 0 Å². The van der Waals surface area contributed by atoms with Crippen LogP contribution in [0.25, 0.3) is 0 Å². The summed E-state index contributed by atoms with van der Waals surface area (Å²) in [5.74, 6) is 1.92. The molecule has 0 atom stereocenters. The van der Waals surface area contributed by atoms with Crippen LogP contribution in [-0.2, 0) is 0 Å². The van der Waals surface area contributed by atoms with E-state index in [1.807, 2.05) is 0 Å². The van der Waals surface area contributed by atoms with Crippen molar-refractivity contribution in [2.24, 2.45) is 0 Å². The van der Waals surface area contributed by atoms with Gasteiger partial charge in [0.05, 0.1) is 17.1 Å². The molecule has 1 aliphatic rings. The molecule has 1 aliphatic heterocycles. The summed E-state index contributed by atoms with van der Waals surface area (Å²) >= 11 is 6.93. The van der Waals surface area contributed by atoms with Gasteiger partial charge >= 0.3 is 0 Å². The van der Waals surface area contributed by atoms with E-state index in [1.165, 1.54) is 61.3 Å². The van der Waals surface area contributed by atoms with Crippen molar-refractivity contribution in [2.75, 3.05) is 4.90 Å². The van der Waals surface area contributed by atoms with Crippen LogP contribution < -0.4 is 9.64 Å². The fraction of sp³-hybridized carbons (Fsp3) is 0.400. The van der Waals surface area contributed by atoms with E-state index in [9.17, 15) is 0 Å². The van der Waals surface area contributed by atoms with Crippen molar-refractivity contribution < 1.29 is 4.74 Å². The van der Waals surface area contributed by atoms with Gasteiger partial charge in [0, 0.05) is 5.02 Å². The van der Waals surface area contributed by atoms with Crippen LogP contribution >= 0.6 is 11.6 Å². The van der Waals surface area contributed by atoms with E-state index in [2.05, 4.69) is 88.0 Å². The lowest BCUT2D eigenvalue weighted by molar-refractivity contribution is 0.467. The molecule has 0 fully saturated rings. The number of halogens is 1. The fourth-order valence-electron chi connectivity index (χ4n) is 5.37. The Morgan fingerprint density at radius 3 is 1.15 bits per heavy atom. The second-order valence-corrected chi connectivity index (χ2v) is 10.3. The molecule has 4 rings (SSSR count). The predicted octanol–water partition coefficient (Wildman–Crippen LogP) is 9.62. The second kappa shape index (κ2) is 7.81. The van der Waals surface area contributed by atoms with Crippen molar-refractivity contribution in [1.82, 2.24) is 0 Å².